The summed E-state index contributed by atoms with van der Waals surface area (Å²) in [7, 11) is 0. The van der Waals surface area contributed by atoms with Gasteiger partial charge in [0.25, 0.3) is 0 Å². The number of aliphatic hydroxyl groups excluding tert-OH is 1. The van der Waals surface area contributed by atoms with E-state index in [9.17, 15) is 5.11 Å². The molecule has 84 valence electrons. The quantitative estimate of drug-likeness (QED) is 0.839. The van der Waals surface area contributed by atoms with Crippen molar-refractivity contribution >= 4 is 11.6 Å². The first-order valence-electron chi connectivity index (χ1n) is 5.14. The maximum Gasteiger partial charge on any atom is 0.0827 e. The molecule has 0 aliphatic heterocycles. The highest BCUT2D eigenvalue weighted by Gasteiger charge is 2.12. The van der Waals surface area contributed by atoms with Crippen molar-refractivity contribution in [2.24, 2.45) is 5.92 Å². The molecule has 0 bridgehead atoms. The second-order valence-electron chi connectivity index (χ2n) is 4.26. The Balaban J connectivity index is 2.72. The van der Waals surface area contributed by atoms with Gasteiger partial charge in [0, 0.05) is 24.5 Å². The molecule has 0 fully saturated rings. The SMILES string of the molecule is C/C(=C\Cl)Cn1ccc(C(O)C(C)C)c1. The smallest absolute Gasteiger partial charge is 0.0827 e. The first-order valence-corrected chi connectivity index (χ1v) is 5.58. The minimum absolute atomic E-state index is 0.241. The molecule has 0 aliphatic carbocycles. The standard InChI is InChI=1S/C12H18ClNO/c1-9(2)12(15)11-4-5-14(8-11)7-10(3)6-13/h4-6,8-9,12,15H,7H2,1-3H3/b10-6+. The van der Waals surface area contributed by atoms with Crippen LogP contribution in [0.15, 0.2) is 29.6 Å². The molecular weight excluding hydrogens is 210 g/mol. The van der Waals surface area contributed by atoms with Crippen molar-refractivity contribution in [3.63, 3.8) is 0 Å². The van der Waals surface area contributed by atoms with Crippen LogP contribution in [-0.2, 0) is 6.54 Å². The van der Waals surface area contributed by atoms with Gasteiger partial charge in [-0.1, -0.05) is 25.4 Å². The highest BCUT2D eigenvalue weighted by Crippen LogP contribution is 2.21. The maximum atomic E-state index is 9.85. The zero-order valence-electron chi connectivity index (χ0n) is 9.44. The lowest BCUT2D eigenvalue weighted by molar-refractivity contribution is 0.127. The molecule has 0 spiro atoms. The lowest BCUT2D eigenvalue weighted by Gasteiger charge is -2.12. The summed E-state index contributed by atoms with van der Waals surface area (Å²) in [5, 5.41) is 9.85. The largest absolute Gasteiger partial charge is 0.388 e. The van der Waals surface area contributed by atoms with E-state index in [2.05, 4.69) is 0 Å². The van der Waals surface area contributed by atoms with Gasteiger partial charge in [0.1, 0.15) is 0 Å². The van der Waals surface area contributed by atoms with Crippen molar-refractivity contribution in [3.05, 3.63) is 35.1 Å². The molecule has 1 aromatic heterocycles. The van der Waals surface area contributed by atoms with E-state index in [1.54, 1.807) is 5.54 Å². The Bertz CT molecular complexity index is 341. The lowest BCUT2D eigenvalue weighted by Crippen LogP contribution is -2.04. The van der Waals surface area contributed by atoms with Gasteiger partial charge in [0.05, 0.1) is 6.10 Å². The Morgan fingerprint density at radius 3 is 2.80 bits per heavy atom. The molecule has 1 N–H and O–H groups in total. The summed E-state index contributed by atoms with van der Waals surface area (Å²) >= 11 is 5.60. The summed E-state index contributed by atoms with van der Waals surface area (Å²) in [6.07, 6.45) is 3.55. The summed E-state index contributed by atoms with van der Waals surface area (Å²) in [6.45, 7) is 6.76. The summed E-state index contributed by atoms with van der Waals surface area (Å²) in [4.78, 5) is 0. The Morgan fingerprint density at radius 1 is 1.60 bits per heavy atom. The molecule has 0 amide bonds. The van der Waals surface area contributed by atoms with Crippen molar-refractivity contribution in [3.8, 4) is 0 Å². The van der Waals surface area contributed by atoms with Crippen LogP contribution in [-0.4, -0.2) is 9.67 Å². The molecule has 0 saturated heterocycles. The second-order valence-corrected chi connectivity index (χ2v) is 4.48. The highest BCUT2D eigenvalue weighted by atomic mass is 35.5. The average Bonchev–Trinajstić information content (AvgIpc) is 2.64. The second kappa shape index (κ2) is 5.38. The van der Waals surface area contributed by atoms with Gasteiger partial charge in [-0.15, -0.1) is 0 Å². The van der Waals surface area contributed by atoms with E-state index in [1.807, 2.05) is 43.8 Å². The van der Waals surface area contributed by atoms with Gasteiger partial charge < -0.3 is 9.67 Å². The number of halogens is 1. The van der Waals surface area contributed by atoms with E-state index >= 15 is 0 Å². The van der Waals surface area contributed by atoms with Crippen LogP contribution in [0.5, 0.6) is 0 Å². The van der Waals surface area contributed by atoms with Crippen molar-refractivity contribution in [1.82, 2.24) is 4.57 Å². The van der Waals surface area contributed by atoms with E-state index in [0.717, 1.165) is 17.7 Å². The van der Waals surface area contributed by atoms with Crippen LogP contribution in [0.4, 0.5) is 0 Å². The minimum atomic E-state index is -0.383. The van der Waals surface area contributed by atoms with Crippen LogP contribution in [0.2, 0.25) is 0 Å². The number of aliphatic hydroxyl groups is 1. The lowest BCUT2D eigenvalue weighted by atomic mass is 10.0. The number of aromatic nitrogens is 1. The predicted octanol–water partition coefficient (Wildman–Crippen LogP) is 3.32. The number of nitrogens with zero attached hydrogens (tertiary/aromatic N) is 1. The van der Waals surface area contributed by atoms with Crippen LogP contribution in [0.1, 0.15) is 32.4 Å². The molecular formula is C12H18ClNO. The van der Waals surface area contributed by atoms with E-state index < -0.39 is 0 Å². The van der Waals surface area contributed by atoms with Crippen molar-refractivity contribution < 1.29 is 5.11 Å². The van der Waals surface area contributed by atoms with E-state index in [4.69, 9.17) is 11.6 Å². The van der Waals surface area contributed by atoms with Crippen molar-refractivity contribution in [2.45, 2.75) is 33.4 Å². The predicted molar refractivity (Wildman–Crippen MR) is 63.8 cm³/mol. The molecule has 0 aromatic carbocycles. The van der Waals surface area contributed by atoms with Crippen LogP contribution in [0.25, 0.3) is 0 Å². The molecule has 1 heterocycles. The summed E-state index contributed by atoms with van der Waals surface area (Å²) in [5.41, 5.74) is 3.64. The molecule has 1 aromatic rings. The van der Waals surface area contributed by atoms with Gasteiger partial charge in [-0.3, -0.25) is 0 Å². The van der Waals surface area contributed by atoms with E-state index in [0.29, 0.717) is 0 Å². The fourth-order valence-electron chi connectivity index (χ4n) is 1.44. The third kappa shape index (κ3) is 3.40. The molecule has 1 unspecified atom stereocenters. The van der Waals surface area contributed by atoms with Gasteiger partial charge in [0.15, 0.2) is 0 Å². The van der Waals surface area contributed by atoms with Gasteiger partial charge in [0.2, 0.25) is 0 Å². The summed E-state index contributed by atoms with van der Waals surface area (Å²) in [5.74, 6) is 0.241. The maximum absolute atomic E-state index is 9.85. The molecule has 15 heavy (non-hydrogen) atoms. The van der Waals surface area contributed by atoms with Crippen LogP contribution >= 0.6 is 11.6 Å². The van der Waals surface area contributed by atoms with Gasteiger partial charge in [-0.25, -0.2) is 0 Å². The summed E-state index contributed by atoms with van der Waals surface area (Å²) in [6, 6.07) is 1.95. The molecule has 0 radical (unpaired) electrons. The highest BCUT2D eigenvalue weighted by molar-refractivity contribution is 6.25. The van der Waals surface area contributed by atoms with Crippen LogP contribution in [0.3, 0.4) is 0 Å². The Morgan fingerprint density at radius 2 is 2.27 bits per heavy atom. The topological polar surface area (TPSA) is 25.2 Å². The summed E-state index contributed by atoms with van der Waals surface area (Å²) < 4.78 is 2.02. The van der Waals surface area contributed by atoms with Crippen LogP contribution < -0.4 is 0 Å². The molecule has 1 rings (SSSR count). The monoisotopic (exact) mass is 227 g/mol. The molecule has 3 heteroatoms. The molecule has 1 atom stereocenters. The first kappa shape index (κ1) is 12.3. The Hall–Kier alpha value is -0.730. The first-order chi connectivity index (χ1) is 7.04. The molecule has 0 aliphatic rings. The minimum Gasteiger partial charge on any atom is -0.388 e. The zero-order valence-corrected chi connectivity index (χ0v) is 10.2. The number of hydrogen-bond donors (Lipinski definition) is 1. The van der Waals surface area contributed by atoms with E-state index in [-0.39, 0.29) is 12.0 Å². The molecule has 2 nitrogen and oxygen atoms in total. The van der Waals surface area contributed by atoms with Crippen molar-refractivity contribution in [2.75, 3.05) is 0 Å². The zero-order chi connectivity index (χ0) is 11.4. The third-order valence-electron chi connectivity index (χ3n) is 2.36. The number of hydrogen-bond acceptors (Lipinski definition) is 1. The number of rotatable bonds is 4. The van der Waals surface area contributed by atoms with E-state index in [1.165, 1.54) is 0 Å². The fraction of sp³-hybridized carbons (Fsp3) is 0.500. The Labute approximate surface area is 96.2 Å². The van der Waals surface area contributed by atoms with Gasteiger partial charge in [-0.05, 0) is 30.0 Å². The normalized spacial score (nSPS) is 14.7. The van der Waals surface area contributed by atoms with Gasteiger partial charge in [-0.2, -0.15) is 0 Å². The Kier molecular flexibility index (Phi) is 4.43. The number of allylic oxidation sites excluding steroid dienone is 1. The molecule has 0 saturated carbocycles. The van der Waals surface area contributed by atoms with Gasteiger partial charge >= 0.3 is 0 Å². The van der Waals surface area contributed by atoms with Crippen LogP contribution in [0, 0.1) is 5.92 Å². The fourth-order valence-corrected chi connectivity index (χ4v) is 1.51. The third-order valence-corrected chi connectivity index (χ3v) is 2.74. The van der Waals surface area contributed by atoms with Crippen molar-refractivity contribution in [1.29, 1.82) is 0 Å². The average molecular weight is 228 g/mol.